The molecule has 102 valence electrons. The molecule has 1 saturated heterocycles. The van der Waals surface area contributed by atoms with E-state index in [0.717, 1.165) is 25.7 Å². The van der Waals surface area contributed by atoms with E-state index in [1.807, 2.05) is 0 Å². The minimum atomic E-state index is 0.460. The smallest absolute Gasteiger partial charge is 0.0468 e. The van der Waals surface area contributed by atoms with Crippen molar-refractivity contribution in [3.63, 3.8) is 0 Å². The number of ether oxygens (including phenoxy) is 1. The van der Waals surface area contributed by atoms with Gasteiger partial charge < -0.3 is 10.1 Å². The Bertz CT molecular complexity index is 197. The number of rotatable bonds is 7. The van der Waals surface area contributed by atoms with Crippen LogP contribution in [0.5, 0.6) is 0 Å². The number of hydrogen-bond acceptors (Lipinski definition) is 2. The maximum atomic E-state index is 5.44. The molecule has 1 heterocycles. The Labute approximate surface area is 108 Å². The van der Waals surface area contributed by atoms with Crippen LogP contribution in [0.2, 0.25) is 0 Å². The molecule has 0 aliphatic carbocycles. The normalized spacial score (nSPS) is 20.5. The lowest BCUT2D eigenvalue weighted by Gasteiger charge is -2.34. The van der Waals surface area contributed by atoms with Crippen LogP contribution in [-0.4, -0.2) is 25.8 Å². The van der Waals surface area contributed by atoms with Crippen molar-refractivity contribution < 1.29 is 4.74 Å². The first-order chi connectivity index (χ1) is 8.03. The summed E-state index contributed by atoms with van der Waals surface area (Å²) in [4.78, 5) is 0. The summed E-state index contributed by atoms with van der Waals surface area (Å²) >= 11 is 0. The predicted octanol–water partition coefficient (Wildman–Crippen LogP) is 3.61. The average molecular weight is 241 g/mol. The first-order valence-electron chi connectivity index (χ1n) is 7.34. The van der Waals surface area contributed by atoms with Crippen LogP contribution in [0, 0.1) is 11.3 Å². The van der Waals surface area contributed by atoms with Crippen molar-refractivity contribution in [2.75, 3.05) is 19.8 Å². The van der Waals surface area contributed by atoms with Gasteiger partial charge in [0.1, 0.15) is 0 Å². The Morgan fingerprint density at radius 3 is 2.53 bits per heavy atom. The third-order valence-electron chi connectivity index (χ3n) is 3.78. The van der Waals surface area contributed by atoms with Crippen molar-refractivity contribution in [2.24, 2.45) is 11.3 Å². The van der Waals surface area contributed by atoms with Gasteiger partial charge in [-0.2, -0.15) is 0 Å². The quantitative estimate of drug-likeness (QED) is 0.735. The highest BCUT2D eigenvalue weighted by Gasteiger charge is 2.26. The second kappa shape index (κ2) is 7.38. The van der Waals surface area contributed by atoms with Crippen LogP contribution in [0.15, 0.2) is 0 Å². The van der Waals surface area contributed by atoms with Crippen LogP contribution in [0.4, 0.5) is 0 Å². The molecule has 0 radical (unpaired) electrons. The molecule has 0 saturated carbocycles. The standard InChI is InChI=1S/C15H31NO/c1-5-8-16-13(2)11-15(3,4)12-14-6-9-17-10-7-14/h13-14,16H,5-12H2,1-4H3. The zero-order valence-electron chi connectivity index (χ0n) is 12.2. The monoisotopic (exact) mass is 241 g/mol. The van der Waals surface area contributed by atoms with Gasteiger partial charge in [0, 0.05) is 19.3 Å². The Morgan fingerprint density at radius 2 is 1.94 bits per heavy atom. The average Bonchev–Trinajstić information content (AvgIpc) is 2.26. The second-order valence-corrected chi connectivity index (χ2v) is 6.48. The van der Waals surface area contributed by atoms with E-state index in [0.29, 0.717) is 11.5 Å². The fourth-order valence-electron chi connectivity index (χ4n) is 3.11. The Balaban J connectivity index is 2.28. The summed E-state index contributed by atoms with van der Waals surface area (Å²) in [6.45, 7) is 12.5. The SMILES string of the molecule is CCCNC(C)CC(C)(C)CC1CCOCC1. The van der Waals surface area contributed by atoms with Gasteiger partial charge in [-0.15, -0.1) is 0 Å². The van der Waals surface area contributed by atoms with Gasteiger partial charge in [0.2, 0.25) is 0 Å². The van der Waals surface area contributed by atoms with E-state index >= 15 is 0 Å². The fraction of sp³-hybridized carbons (Fsp3) is 1.00. The summed E-state index contributed by atoms with van der Waals surface area (Å²) in [5, 5.41) is 3.60. The highest BCUT2D eigenvalue weighted by Crippen LogP contribution is 2.34. The Kier molecular flexibility index (Phi) is 6.50. The fourth-order valence-corrected chi connectivity index (χ4v) is 3.11. The molecule has 2 heteroatoms. The molecule has 1 aliphatic heterocycles. The largest absolute Gasteiger partial charge is 0.381 e. The highest BCUT2D eigenvalue weighted by molar-refractivity contribution is 4.79. The van der Waals surface area contributed by atoms with Crippen molar-refractivity contribution in [1.82, 2.24) is 5.32 Å². The van der Waals surface area contributed by atoms with E-state index in [-0.39, 0.29) is 0 Å². The second-order valence-electron chi connectivity index (χ2n) is 6.48. The minimum absolute atomic E-state index is 0.460. The van der Waals surface area contributed by atoms with Gasteiger partial charge in [-0.05, 0) is 56.9 Å². The minimum Gasteiger partial charge on any atom is -0.381 e. The van der Waals surface area contributed by atoms with Crippen LogP contribution in [0.1, 0.15) is 59.8 Å². The van der Waals surface area contributed by atoms with E-state index < -0.39 is 0 Å². The van der Waals surface area contributed by atoms with Crippen molar-refractivity contribution in [1.29, 1.82) is 0 Å². The highest BCUT2D eigenvalue weighted by atomic mass is 16.5. The van der Waals surface area contributed by atoms with Crippen LogP contribution >= 0.6 is 0 Å². The number of nitrogens with one attached hydrogen (secondary N) is 1. The van der Waals surface area contributed by atoms with E-state index in [4.69, 9.17) is 4.74 Å². The molecule has 1 N–H and O–H groups in total. The van der Waals surface area contributed by atoms with Gasteiger partial charge in [0.05, 0.1) is 0 Å². The van der Waals surface area contributed by atoms with E-state index in [1.165, 1.54) is 32.1 Å². The zero-order valence-corrected chi connectivity index (χ0v) is 12.2. The van der Waals surface area contributed by atoms with Crippen LogP contribution in [0.25, 0.3) is 0 Å². The summed E-state index contributed by atoms with van der Waals surface area (Å²) in [5.74, 6) is 0.886. The molecule has 1 fully saturated rings. The summed E-state index contributed by atoms with van der Waals surface area (Å²) in [6.07, 6.45) is 6.39. The molecule has 0 aromatic rings. The molecule has 1 rings (SSSR count). The summed E-state index contributed by atoms with van der Waals surface area (Å²) in [6, 6.07) is 0.643. The summed E-state index contributed by atoms with van der Waals surface area (Å²) in [5.41, 5.74) is 0.460. The summed E-state index contributed by atoms with van der Waals surface area (Å²) < 4.78 is 5.44. The van der Waals surface area contributed by atoms with Crippen molar-refractivity contribution in [2.45, 2.75) is 65.8 Å². The number of hydrogen-bond donors (Lipinski definition) is 1. The van der Waals surface area contributed by atoms with Gasteiger partial charge >= 0.3 is 0 Å². The van der Waals surface area contributed by atoms with Gasteiger partial charge in [0.25, 0.3) is 0 Å². The third kappa shape index (κ3) is 6.42. The van der Waals surface area contributed by atoms with Gasteiger partial charge in [-0.25, -0.2) is 0 Å². The maximum Gasteiger partial charge on any atom is 0.0468 e. The maximum absolute atomic E-state index is 5.44. The zero-order chi connectivity index (χ0) is 12.7. The third-order valence-corrected chi connectivity index (χ3v) is 3.78. The molecule has 0 bridgehead atoms. The molecule has 1 aliphatic rings. The molecular formula is C15H31NO. The molecule has 0 spiro atoms. The van der Waals surface area contributed by atoms with Gasteiger partial charge in [0.15, 0.2) is 0 Å². The van der Waals surface area contributed by atoms with Crippen LogP contribution < -0.4 is 5.32 Å². The van der Waals surface area contributed by atoms with E-state index in [1.54, 1.807) is 0 Å². The molecule has 1 unspecified atom stereocenters. The molecular weight excluding hydrogens is 210 g/mol. The Hall–Kier alpha value is -0.0800. The van der Waals surface area contributed by atoms with Crippen LogP contribution in [-0.2, 0) is 4.74 Å². The molecule has 2 nitrogen and oxygen atoms in total. The van der Waals surface area contributed by atoms with Crippen molar-refractivity contribution in [3.05, 3.63) is 0 Å². The van der Waals surface area contributed by atoms with Crippen molar-refractivity contribution >= 4 is 0 Å². The lowest BCUT2D eigenvalue weighted by atomic mass is 9.76. The van der Waals surface area contributed by atoms with Gasteiger partial charge in [-0.3, -0.25) is 0 Å². The Morgan fingerprint density at radius 1 is 1.29 bits per heavy atom. The van der Waals surface area contributed by atoms with E-state index in [9.17, 15) is 0 Å². The topological polar surface area (TPSA) is 21.3 Å². The van der Waals surface area contributed by atoms with Crippen molar-refractivity contribution in [3.8, 4) is 0 Å². The first kappa shape index (κ1) is 15.0. The van der Waals surface area contributed by atoms with E-state index in [2.05, 4.69) is 33.0 Å². The lowest BCUT2D eigenvalue weighted by molar-refractivity contribution is 0.0490. The molecule has 17 heavy (non-hydrogen) atoms. The lowest BCUT2D eigenvalue weighted by Crippen LogP contribution is -2.33. The van der Waals surface area contributed by atoms with Gasteiger partial charge in [-0.1, -0.05) is 20.8 Å². The molecule has 1 atom stereocenters. The molecule has 0 aromatic heterocycles. The predicted molar refractivity (Wildman–Crippen MR) is 74.3 cm³/mol. The molecule has 0 aromatic carbocycles. The van der Waals surface area contributed by atoms with Crippen LogP contribution in [0.3, 0.4) is 0 Å². The first-order valence-corrected chi connectivity index (χ1v) is 7.34. The molecule has 0 amide bonds. The summed E-state index contributed by atoms with van der Waals surface area (Å²) in [7, 11) is 0.